The van der Waals surface area contributed by atoms with Crippen molar-refractivity contribution in [1.82, 2.24) is 0 Å². The molecule has 0 aliphatic carbocycles. The van der Waals surface area contributed by atoms with Crippen LogP contribution in [0.15, 0.2) is 66.7 Å². The molecule has 0 aliphatic rings. The van der Waals surface area contributed by atoms with Crippen molar-refractivity contribution < 1.29 is 14.3 Å². The fourth-order valence-corrected chi connectivity index (χ4v) is 2.10. The lowest BCUT2D eigenvalue weighted by Crippen LogP contribution is -2.16. The number of ether oxygens (including phenoxy) is 2. The lowest BCUT2D eigenvalue weighted by atomic mass is 10.0. The molecule has 0 saturated heterocycles. The summed E-state index contributed by atoms with van der Waals surface area (Å²) < 4.78 is 10.6. The van der Waals surface area contributed by atoms with Crippen LogP contribution in [-0.4, -0.2) is 19.7 Å². The Labute approximate surface area is 131 Å². The third-order valence-electron chi connectivity index (χ3n) is 3.31. The maximum absolute atomic E-state index is 11.7. The molecule has 0 radical (unpaired) electrons. The number of methoxy groups -OCH3 is 1. The molecule has 0 aliphatic heterocycles. The normalized spacial score (nSPS) is 11.7. The summed E-state index contributed by atoms with van der Waals surface area (Å²) in [5, 5.41) is 0. The highest BCUT2D eigenvalue weighted by Gasteiger charge is 2.17. The van der Waals surface area contributed by atoms with E-state index in [-0.39, 0.29) is 0 Å². The smallest absolute Gasteiger partial charge is 0.333 e. The zero-order valence-electron chi connectivity index (χ0n) is 12.9. The first-order chi connectivity index (χ1) is 10.6. The van der Waals surface area contributed by atoms with Crippen LogP contribution in [0.1, 0.15) is 18.6 Å². The van der Waals surface area contributed by atoms with Crippen molar-refractivity contribution in [2.24, 2.45) is 0 Å². The second kappa shape index (κ2) is 7.57. The molecule has 3 nitrogen and oxygen atoms in total. The van der Waals surface area contributed by atoms with E-state index in [1.165, 1.54) is 0 Å². The van der Waals surface area contributed by atoms with E-state index in [2.05, 4.69) is 18.7 Å². The Hall–Kier alpha value is -2.39. The highest BCUT2D eigenvalue weighted by Crippen LogP contribution is 2.24. The summed E-state index contributed by atoms with van der Waals surface area (Å²) in [6.07, 6.45) is -0.431. The van der Waals surface area contributed by atoms with Gasteiger partial charge in [-0.3, -0.25) is 0 Å². The van der Waals surface area contributed by atoms with Gasteiger partial charge in [0.1, 0.15) is 0 Å². The molecule has 0 fully saturated rings. The van der Waals surface area contributed by atoms with Gasteiger partial charge in [0.15, 0.2) is 6.10 Å². The Morgan fingerprint density at radius 1 is 1.05 bits per heavy atom. The summed E-state index contributed by atoms with van der Waals surface area (Å²) in [6.45, 7) is 5.54. The number of hydrogen-bond acceptors (Lipinski definition) is 3. The first kappa shape index (κ1) is 16.0. The van der Waals surface area contributed by atoms with Gasteiger partial charge in [-0.1, -0.05) is 61.2 Å². The molecule has 0 aromatic heterocycles. The minimum absolute atomic E-state index is 0.309. The molecule has 22 heavy (non-hydrogen) atoms. The van der Waals surface area contributed by atoms with Crippen molar-refractivity contribution in [2.45, 2.75) is 13.0 Å². The zero-order chi connectivity index (χ0) is 15.9. The van der Waals surface area contributed by atoms with E-state index < -0.39 is 12.1 Å². The monoisotopic (exact) mass is 296 g/mol. The summed E-state index contributed by atoms with van der Waals surface area (Å²) in [5.74, 6) is -0.408. The molecule has 114 valence electrons. The Kier molecular flexibility index (Phi) is 5.50. The molecule has 1 unspecified atom stereocenters. The average Bonchev–Trinajstić information content (AvgIpc) is 2.55. The van der Waals surface area contributed by atoms with Gasteiger partial charge in [0, 0.05) is 12.7 Å². The van der Waals surface area contributed by atoms with E-state index in [4.69, 9.17) is 9.47 Å². The summed E-state index contributed by atoms with van der Waals surface area (Å²) in [7, 11) is 1.58. The summed E-state index contributed by atoms with van der Waals surface area (Å²) >= 11 is 0. The van der Waals surface area contributed by atoms with Gasteiger partial charge in [0.25, 0.3) is 0 Å². The first-order valence-corrected chi connectivity index (χ1v) is 7.12. The van der Waals surface area contributed by atoms with E-state index in [1.807, 2.05) is 42.5 Å². The van der Waals surface area contributed by atoms with Crippen LogP contribution in [0, 0.1) is 0 Å². The van der Waals surface area contributed by atoms with Gasteiger partial charge in [-0.2, -0.15) is 0 Å². The molecule has 3 heteroatoms. The van der Waals surface area contributed by atoms with E-state index >= 15 is 0 Å². The second-order valence-corrected chi connectivity index (χ2v) is 5.12. The number of carbonyl (C=O) groups excluding carboxylic acids is 1. The summed E-state index contributed by atoms with van der Waals surface area (Å²) in [5.41, 5.74) is 3.54. The fraction of sp³-hybridized carbons (Fsp3) is 0.211. The molecular weight excluding hydrogens is 276 g/mol. The second-order valence-electron chi connectivity index (χ2n) is 5.12. The van der Waals surface area contributed by atoms with Crippen LogP contribution in [0.4, 0.5) is 0 Å². The molecule has 1 atom stereocenters. The third-order valence-corrected chi connectivity index (χ3v) is 3.31. The predicted octanol–water partition coefficient (Wildman–Crippen LogP) is 4.16. The Balaban J connectivity index is 2.19. The average molecular weight is 296 g/mol. The Morgan fingerprint density at radius 2 is 1.64 bits per heavy atom. The standard InChI is InChI=1S/C19H20O3/c1-14(2)19(20)22-18(13-21-3)17-11-9-16(10-12-17)15-7-5-4-6-8-15/h4-12,18H,1,13H2,2-3H3. The maximum atomic E-state index is 11.7. The zero-order valence-corrected chi connectivity index (χ0v) is 12.9. The number of rotatable bonds is 6. The van der Waals surface area contributed by atoms with E-state index in [0.717, 1.165) is 16.7 Å². The van der Waals surface area contributed by atoms with Crippen molar-refractivity contribution in [3.05, 3.63) is 72.3 Å². The molecule has 0 bridgehead atoms. The van der Waals surface area contributed by atoms with Crippen LogP contribution in [0.2, 0.25) is 0 Å². The Bertz CT molecular complexity index is 629. The molecule has 0 heterocycles. The molecule has 0 amide bonds. The number of benzene rings is 2. The van der Waals surface area contributed by atoms with Crippen LogP contribution < -0.4 is 0 Å². The number of hydrogen-bond donors (Lipinski definition) is 0. The van der Waals surface area contributed by atoms with Gasteiger partial charge in [-0.15, -0.1) is 0 Å². The van der Waals surface area contributed by atoms with Crippen LogP contribution in [0.5, 0.6) is 0 Å². The van der Waals surface area contributed by atoms with Crippen LogP contribution in [0.25, 0.3) is 11.1 Å². The van der Waals surface area contributed by atoms with Crippen molar-refractivity contribution >= 4 is 5.97 Å². The van der Waals surface area contributed by atoms with Gasteiger partial charge >= 0.3 is 5.97 Å². The van der Waals surface area contributed by atoms with Crippen LogP contribution in [0.3, 0.4) is 0 Å². The van der Waals surface area contributed by atoms with E-state index in [0.29, 0.717) is 12.2 Å². The first-order valence-electron chi connectivity index (χ1n) is 7.12. The highest BCUT2D eigenvalue weighted by molar-refractivity contribution is 5.87. The molecule has 0 saturated carbocycles. The van der Waals surface area contributed by atoms with Gasteiger partial charge in [-0.05, 0) is 23.6 Å². The largest absolute Gasteiger partial charge is 0.452 e. The summed E-state index contributed by atoms with van der Waals surface area (Å²) in [6, 6.07) is 18.1. The maximum Gasteiger partial charge on any atom is 0.333 e. The molecule has 0 spiro atoms. The lowest BCUT2D eigenvalue weighted by Gasteiger charge is -2.18. The van der Waals surface area contributed by atoms with Gasteiger partial charge in [-0.25, -0.2) is 4.79 Å². The van der Waals surface area contributed by atoms with E-state index in [9.17, 15) is 4.79 Å². The minimum Gasteiger partial charge on any atom is -0.452 e. The van der Waals surface area contributed by atoms with Crippen LogP contribution >= 0.6 is 0 Å². The van der Waals surface area contributed by atoms with Gasteiger partial charge < -0.3 is 9.47 Å². The topological polar surface area (TPSA) is 35.5 Å². The van der Waals surface area contributed by atoms with Crippen molar-refractivity contribution in [2.75, 3.05) is 13.7 Å². The SMILES string of the molecule is C=C(C)C(=O)OC(COC)c1ccc(-c2ccccc2)cc1. The van der Waals surface area contributed by atoms with Gasteiger partial charge in [0.05, 0.1) is 6.61 Å². The quantitative estimate of drug-likeness (QED) is 0.593. The third kappa shape index (κ3) is 4.06. The molecular formula is C19H20O3. The van der Waals surface area contributed by atoms with Gasteiger partial charge in [0.2, 0.25) is 0 Å². The van der Waals surface area contributed by atoms with Crippen LogP contribution in [-0.2, 0) is 14.3 Å². The number of carbonyl (C=O) groups is 1. The lowest BCUT2D eigenvalue weighted by molar-refractivity contribution is -0.147. The minimum atomic E-state index is -0.431. The number of esters is 1. The highest BCUT2D eigenvalue weighted by atomic mass is 16.6. The molecule has 2 rings (SSSR count). The Morgan fingerprint density at radius 3 is 2.18 bits per heavy atom. The predicted molar refractivity (Wildman–Crippen MR) is 87.4 cm³/mol. The van der Waals surface area contributed by atoms with Crippen molar-refractivity contribution in [1.29, 1.82) is 0 Å². The van der Waals surface area contributed by atoms with Crippen molar-refractivity contribution in [3.8, 4) is 11.1 Å². The molecule has 2 aromatic carbocycles. The molecule has 0 N–H and O–H groups in total. The van der Waals surface area contributed by atoms with Crippen molar-refractivity contribution in [3.63, 3.8) is 0 Å². The fourth-order valence-electron chi connectivity index (χ4n) is 2.10. The van der Waals surface area contributed by atoms with E-state index in [1.54, 1.807) is 14.0 Å². The summed E-state index contributed by atoms with van der Waals surface area (Å²) in [4.78, 5) is 11.7. The molecule has 2 aromatic rings.